The number of nitrogens with zero attached hydrogens (tertiary/aromatic N) is 1. The predicted molar refractivity (Wildman–Crippen MR) is 110 cm³/mol. The minimum Gasteiger partial charge on any atom is -0.493 e. The quantitative estimate of drug-likeness (QED) is 0.600. The lowest BCUT2D eigenvalue weighted by Crippen LogP contribution is -2.14. The van der Waals surface area contributed by atoms with Crippen molar-refractivity contribution in [3.8, 4) is 11.5 Å². The van der Waals surface area contributed by atoms with Crippen molar-refractivity contribution >= 4 is 17.3 Å². The van der Waals surface area contributed by atoms with Crippen molar-refractivity contribution < 1.29 is 18.7 Å². The molecule has 0 aliphatic heterocycles. The van der Waals surface area contributed by atoms with Crippen LogP contribution >= 0.6 is 0 Å². The molecule has 0 saturated heterocycles. The first kappa shape index (κ1) is 20.1. The minimum absolute atomic E-state index is 0.223. The van der Waals surface area contributed by atoms with E-state index in [1.807, 2.05) is 0 Å². The Labute approximate surface area is 168 Å². The third kappa shape index (κ3) is 5.22. The van der Waals surface area contributed by atoms with Gasteiger partial charge in [0.15, 0.2) is 11.5 Å². The summed E-state index contributed by atoms with van der Waals surface area (Å²) in [5.41, 5.74) is 2.19. The number of benzene rings is 2. The molecule has 0 aliphatic carbocycles. The van der Waals surface area contributed by atoms with E-state index >= 15 is 0 Å². The summed E-state index contributed by atoms with van der Waals surface area (Å²) in [6.45, 7) is 0.529. The highest BCUT2D eigenvalue weighted by molar-refractivity contribution is 6.03. The monoisotopic (exact) mass is 395 g/mol. The van der Waals surface area contributed by atoms with E-state index in [-0.39, 0.29) is 17.4 Å². The highest BCUT2D eigenvalue weighted by atomic mass is 19.1. The van der Waals surface area contributed by atoms with Gasteiger partial charge in [0.2, 0.25) is 0 Å². The van der Waals surface area contributed by atoms with Crippen LogP contribution in [0.1, 0.15) is 16.1 Å². The molecule has 0 atom stereocenters. The van der Waals surface area contributed by atoms with Crippen LogP contribution in [0, 0.1) is 5.82 Å². The maximum Gasteiger partial charge on any atom is 0.274 e. The normalized spacial score (nSPS) is 10.3. The zero-order valence-corrected chi connectivity index (χ0v) is 16.2. The first-order valence-corrected chi connectivity index (χ1v) is 9.07. The summed E-state index contributed by atoms with van der Waals surface area (Å²) in [4.78, 5) is 16.7. The van der Waals surface area contributed by atoms with Crippen LogP contribution in [-0.2, 0) is 6.42 Å². The number of hydrogen-bond donors (Lipinski definition) is 2. The van der Waals surface area contributed by atoms with Crippen LogP contribution in [0.3, 0.4) is 0 Å². The van der Waals surface area contributed by atoms with Crippen molar-refractivity contribution in [3.05, 3.63) is 77.9 Å². The molecule has 0 radical (unpaired) electrons. The lowest BCUT2D eigenvalue weighted by atomic mass is 10.1. The summed E-state index contributed by atoms with van der Waals surface area (Å²) < 4.78 is 24.1. The largest absolute Gasteiger partial charge is 0.493 e. The SMILES string of the molecule is COc1ccc(NC(=O)c2cc(NCCc3ccccc3F)ccn2)cc1OC. The standard InChI is InChI=1S/C22H22FN3O3/c1-28-20-8-7-17(14-21(20)29-2)26-22(27)19-13-16(10-12-25-19)24-11-9-15-5-3-4-6-18(15)23/h3-8,10,12-14H,9,11H2,1-2H3,(H,24,25)(H,26,27). The molecule has 1 aromatic heterocycles. The molecule has 0 saturated carbocycles. The first-order chi connectivity index (χ1) is 14.1. The van der Waals surface area contributed by atoms with Crippen LogP contribution in [0.4, 0.5) is 15.8 Å². The fourth-order valence-electron chi connectivity index (χ4n) is 2.82. The van der Waals surface area contributed by atoms with Crippen molar-refractivity contribution in [3.63, 3.8) is 0 Å². The number of carbonyl (C=O) groups excluding carboxylic acids is 1. The van der Waals surface area contributed by atoms with Gasteiger partial charge >= 0.3 is 0 Å². The topological polar surface area (TPSA) is 72.5 Å². The molecule has 3 aromatic rings. The van der Waals surface area contributed by atoms with Crippen molar-refractivity contribution in [1.29, 1.82) is 0 Å². The number of aromatic nitrogens is 1. The van der Waals surface area contributed by atoms with Crippen LogP contribution in [0.2, 0.25) is 0 Å². The van der Waals surface area contributed by atoms with Gasteiger partial charge in [-0.15, -0.1) is 0 Å². The van der Waals surface area contributed by atoms with Crippen molar-refractivity contribution in [2.75, 3.05) is 31.4 Å². The van der Waals surface area contributed by atoms with Gasteiger partial charge in [0, 0.05) is 30.2 Å². The van der Waals surface area contributed by atoms with Crippen molar-refractivity contribution in [2.24, 2.45) is 0 Å². The third-order valence-electron chi connectivity index (χ3n) is 4.32. The Balaban J connectivity index is 1.62. The highest BCUT2D eigenvalue weighted by Crippen LogP contribution is 2.29. The second-order valence-electron chi connectivity index (χ2n) is 6.22. The molecule has 6 nitrogen and oxygen atoms in total. The van der Waals surface area contributed by atoms with Gasteiger partial charge in [-0.1, -0.05) is 18.2 Å². The predicted octanol–water partition coefficient (Wildman–Crippen LogP) is 4.14. The number of methoxy groups -OCH3 is 2. The Bertz CT molecular complexity index is 995. The molecule has 1 heterocycles. The molecule has 2 N–H and O–H groups in total. The molecule has 0 spiro atoms. The second-order valence-corrected chi connectivity index (χ2v) is 6.22. The highest BCUT2D eigenvalue weighted by Gasteiger charge is 2.11. The fourth-order valence-corrected chi connectivity index (χ4v) is 2.82. The Hall–Kier alpha value is -3.61. The average molecular weight is 395 g/mol. The molecule has 0 fully saturated rings. The van der Waals surface area contributed by atoms with Gasteiger partial charge in [0.05, 0.1) is 14.2 Å². The number of rotatable bonds is 8. The molecule has 29 heavy (non-hydrogen) atoms. The number of ether oxygens (including phenoxy) is 2. The number of anilines is 2. The molecule has 3 rings (SSSR count). The van der Waals surface area contributed by atoms with E-state index in [4.69, 9.17) is 9.47 Å². The van der Waals surface area contributed by atoms with Crippen LogP contribution in [-0.4, -0.2) is 31.7 Å². The van der Waals surface area contributed by atoms with E-state index in [0.717, 1.165) is 5.69 Å². The number of hydrogen-bond acceptors (Lipinski definition) is 5. The van der Waals surface area contributed by atoms with Gasteiger partial charge in [-0.2, -0.15) is 0 Å². The number of pyridine rings is 1. The van der Waals surface area contributed by atoms with Gasteiger partial charge in [-0.25, -0.2) is 4.39 Å². The number of nitrogens with one attached hydrogen (secondary N) is 2. The van der Waals surface area contributed by atoms with E-state index in [2.05, 4.69) is 15.6 Å². The Morgan fingerprint density at radius 3 is 2.55 bits per heavy atom. The summed E-state index contributed by atoms with van der Waals surface area (Å²) in [6.07, 6.45) is 2.08. The zero-order valence-electron chi connectivity index (χ0n) is 16.2. The van der Waals surface area contributed by atoms with Gasteiger partial charge in [0.25, 0.3) is 5.91 Å². The molecule has 7 heteroatoms. The average Bonchev–Trinajstić information content (AvgIpc) is 2.75. The smallest absolute Gasteiger partial charge is 0.274 e. The molecular formula is C22H22FN3O3. The Morgan fingerprint density at radius 2 is 1.79 bits per heavy atom. The summed E-state index contributed by atoms with van der Waals surface area (Å²) in [5, 5.41) is 5.98. The summed E-state index contributed by atoms with van der Waals surface area (Å²) >= 11 is 0. The molecular weight excluding hydrogens is 373 g/mol. The number of halogens is 1. The molecule has 0 aliphatic rings. The van der Waals surface area contributed by atoms with Crippen LogP contribution < -0.4 is 20.1 Å². The van der Waals surface area contributed by atoms with E-state index in [1.165, 1.54) is 13.2 Å². The lowest BCUT2D eigenvalue weighted by molar-refractivity contribution is 0.102. The molecule has 1 amide bonds. The van der Waals surface area contributed by atoms with Crippen molar-refractivity contribution in [1.82, 2.24) is 4.98 Å². The molecule has 0 unspecified atom stereocenters. The molecule has 2 aromatic carbocycles. The van der Waals surface area contributed by atoms with E-state index in [1.54, 1.807) is 61.8 Å². The summed E-state index contributed by atoms with van der Waals surface area (Å²) in [7, 11) is 3.08. The fraction of sp³-hybridized carbons (Fsp3) is 0.182. The molecule has 150 valence electrons. The maximum absolute atomic E-state index is 13.7. The maximum atomic E-state index is 13.7. The van der Waals surface area contributed by atoms with Crippen molar-refractivity contribution in [2.45, 2.75) is 6.42 Å². The first-order valence-electron chi connectivity index (χ1n) is 9.07. The van der Waals surface area contributed by atoms with Gasteiger partial charge in [0.1, 0.15) is 11.5 Å². The number of carbonyl (C=O) groups is 1. The van der Waals surface area contributed by atoms with Crippen LogP contribution in [0.15, 0.2) is 60.8 Å². The van der Waals surface area contributed by atoms with E-state index < -0.39 is 0 Å². The van der Waals surface area contributed by atoms with Crippen LogP contribution in [0.25, 0.3) is 0 Å². The lowest BCUT2D eigenvalue weighted by Gasteiger charge is -2.11. The van der Waals surface area contributed by atoms with E-state index in [9.17, 15) is 9.18 Å². The molecule has 0 bridgehead atoms. The second kappa shape index (κ2) is 9.54. The Kier molecular flexibility index (Phi) is 6.63. The van der Waals surface area contributed by atoms with Gasteiger partial charge in [-0.05, 0) is 42.3 Å². The van der Waals surface area contributed by atoms with E-state index in [0.29, 0.717) is 35.7 Å². The Morgan fingerprint density at radius 1 is 1.00 bits per heavy atom. The minimum atomic E-state index is -0.352. The van der Waals surface area contributed by atoms with Gasteiger partial charge in [-0.3, -0.25) is 9.78 Å². The third-order valence-corrected chi connectivity index (χ3v) is 4.32. The summed E-state index contributed by atoms with van der Waals surface area (Å²) in [5.74, 6) is 0.514. The number of amides is 1. The van der Waals surface area contributed by atoms with Crippen LogP contribution in [0.5, 0.6) is 11.5 Å². The summed E-state index contributed by atoms with van der Waals surface area (Å²) in [6, 6.07) is 15.2. The zero-order chi connectivity index (χ0) is 20.6. The van der Waals surface area contributed by atoms with Gasteiger partial charge < -0.3 is 20.1 Å².